The summed E-state index contributed by atoms with van der Waals surface area (Å²) in [5.74, 6) is 0.0656. The van der Waals surface area contributed by atoms with Gasteiger partial charge in [0, 0.05) is 17.4 Å². The number of nitrogens with one attached hydrogen (secondary N) is 2. The number of carbonyl (C=O) groups is 1. The largest absolute Gasteiger partial charge is 0.353 e. The predicted molar refractivity (Wildman–Crippen MR) is 115 cm³/mol. The predicted octanol–water partition coefficient (Wildman–Crippen LogP) is 4.27. The van der Waals surface area contributed by atoms with Gasteiger partial charge in [-0.1, -0.05) is 29.5 Å². The van der Waals surface area contributed by atoms with Gasteiger partial charge in [0.05, 0.1) is 11.3 Å². The molecule has 0 radical (unpaired) electrons. The van der Waals surface area contributed by atoms with Crippen LogP contribution in [-0.4, -0.2) is 26.2 Å². The van der Waals surface area contributed by atoms with Gasteiger partial charge >= 0.3 is 0 Å². The minimum Gasteiger partial charge on any atom is -0.353 e. The molecule has 0 saturated carbocycles. The second kappa shape index (κ2) is 7.83. The van der Waals surface area contributed by atoms with E-state index in [-0.39, 0.29) is 23.3 Å². The molecule has 0 aliphatic rings. The Hall–Kier alpha value is -2.54. The third-order valence-corrected chi connectivity index (χ3v) is 5.53. The van der Waals surface area contributed by atoms with E-state index in [2.05, 4.69) is 27.4 Å². The first-order valence-corrected chi connectivity index (χ1v) is 10.3. The number of H-pyrrole nitrogens is 1. The van der Waals surface area contributed by atoms with Gasteiger partial charge < -0.3 is 10.3 Å². The van der Waals surface area contributed by atoms with Gasteiger partial charge in [0.2, 0.25) is 5.91 Å². The normalized spacial score (nSPS) is 11.4. The van der Waals surface area contributed by atoms with Crippen molar-refractivity contribution in [1.82, 2.24) is 14.5 Å². The van der Waals surface area contributed by atoms with Gasteiger partial charge in [-0.2, -0.15) is 0 Å². The molecule has 1 aromatic carbocycles. The number of hydrogen-bond donors (Lipinski definition) is 2. The Morgan fingerprint density at radius 3 is 2.43 bits per heavy atom. The SMILES string of the molecule is Cc1cc(C)c(NC(=O)CSc2nc3cc(C)[nH]c3c(=O)n2C(C)C)c(C)c1. The van der Waals surface area contributed by atoms with Gasteiger partial charge in [0.1, 0.15) is 5.52 Å². The molecular formula is C21H26N4O2S. The first-order chi connectivity index (χ1) is 13.2. The first-order valence-electron chi connectivity index (χ1n) is 9.29. The standard InChI is InChI=1S/C21H26N4O2S/c1-11(2)25-20(27)19-16(9-15(6)22-19)23-21(25)28-10-17(26)24-18-13(4)7-12(3)8-14(18)5/h7-9,11,22H,10H2,1-6H3,(H,24,26). The molecule has 7 heteroatoms. The highest BCUT2D eigenvalue weighted by atomic mass is 32.2. The van der Waals surface area contributed by atoms with Gasteiger partial charge in [-0.25, -0.2) is 4.98 Å². The molecule has 3 aromatic rings. The molecule has 2 heterocycles. The zero-order valence-electron chi connectivity index (χ0n) is 17.1. The molecule has 0 saturated heterocycles. The van der Waals surface area contributed by atoms with Crippen molar-refractivity contribution in [2.24, 2.45) is 0 Å². The highest BCUT2D eigenvalue weighted by molar-refractivity contribution is 7.99. The summed E-state index contributed by atoms with van der Waals surface area (Å²) in [5, 5.41) is 3.55. The van der Waals surface area contributed by atoms with Crippen molar-refractivity contribution in [3.05, 3.63) is 50.9 Å². The van der Waals surface area contributed by atoms with E-state index in [9.17, 15) is 9.59 Å². The maximum absolute atomic E-state index is 12.8. The molecule has 6 nitrogen and oxygen atoms in total. The average molecular weight is 399 g/mol. The summed E-state index contributed by atoms with van der Waals surface area (Å²) in [4.78, 5) is 33.1. The lowest BCUT2D eigenvalue weighted by Gasteiger charge is -2.16. The van der Waals surface area contributed by atoms with Crippen molar-refractivity contribution in [1.29, 1.82) is 0 Å². The quantitative estimate of drug-likeness (QED) is 0.497. The van der Waals surface area contributed by atoms with Crippen molar-refractivity contribution in [2.75, 3.05) is 11.1 Å². The van der Waals surface area contributed by atoms with Crippen LogP contribution in [0, 0.1) is 27.7 Å². The van der Waals surface area contributed by atoms with E-state index in [1.54, 1.807) is 4.57 Å². The average Bonchev–Trinajstić information content (AvgIpc) is 2.96. The van der Waals surface area contributed by atoms with Crippen LogP contribution in [0.4, 0.5) is 5.69 Å². The lowest BCUT2D eigenvalue weighted by atomic mass is 10.1. The molecule has 0 fully saturated rings. The van der Waals surface area contributed by atoms with Crippen molar-refractivity contribution in [2.45, 2.75) is 52.7 Å². The van der Waals surface area contributed by atoms with E-state index >= 15 is 0 Å². The van der Waals surface area contributed by atoms with E-state index in [1.165, 1.54) is 17.3 Å². The van der Waals surface area contributed by atoms with Crippen LogP contribution in [-0.2, 0) is 4.79 Å². The van der Waals surface area contributed by atoms with E-state index in [0.717, 1.165) is 22.5 Å². The fraction of sp³-hybridized carbons (Fsp3) is 0.381. The van der Waals surface area contributed by atoms with E-state index in [4.69, 9.17) is 0 Å². The number of aromatic nitrogens is 3. The van der Waals surface area contributed by atoms with E-state index in [0.29, 0.717) is 16.2 Å². The van der Waals surface area contributed by atoms with Crippen LogP contribution in [0.15, 0.2) is 28.2 Å². The van der Waals surface area contributed by atoms with Crippen LogP contribution in [0.5, 0.6) is 0 Å². The van der Waals surface area contributed by atoms with Crippen LogP contribution in [0.25, 0.3) is 11.0 Å². The third-order valence-electron chi connectivity index (χ3n) is 4.58. The highest BCUT2D eigenvalue weighted by Crippen LogP contribution is 2.24. The monoisotopic (exact) mass is 398 g/mol. The van der Waals surface area contributed by atoms with Crippen LogP contribution < -0.4 is 10.9 Å². The van der Waals surface area contributed by atoms with Gasteiger partial charge in [-0.05, 0) is 58.7 Å². The number of carbonyl (C=O) groups excluding carboxylic acids is 1. The maximum Gasteiger partial charge on any atom is 0.278 e. The summed E-state index contributed by atoms with van der Waals surface area (Å²) in [5.41, 5.74) is 6.01. The number of hydrogen-bond acceptors (Lipinski definition) is 4. The number of thioether (sulfide) groups is 1. The first kappa shape index (κ1) is 20.2. The van der Waals surface area contributed by atoms with Crippen LogP contribution in [0.2, 0.25) is 0 Å². The second-order valence-corrected chi connectivity index (χ2v) is 8.43. The number of benzene rings is 1. The van der Waals surface area contributed by atoms with Gasteiger partial charge in [0.15, 0.2) is 5.16 Å². The van der Waals surface area contributed by atoms with E-state index < -0.39 is 0 Å². The second-order valence-electron chi connectivity index (χ2n) is 7.49. The Morgan fingerprint density at radius 2 is 1.82 bits per heavy atom. The van der Waals surface area contributed by atoms with Crippen LogP contribution in [0.3, 0.4) is 0 Å². The number of rotatable bonds is 5. The molecule has 2 aromatic heterocycles. The van der Waals surface area contributed by atoms with Gasteiger partial charge in [-0.15, -0.1) is 0 Å². The van der Waals surface area contributed by atoms with Crippen LogP contribution in [0.1, 0.15) is 42.3 Å². The number of aryl methyl sites for hydroxylation is 4. The Kier molecular flexibility index (Phi) is 5.65. The Labute approximate surface area is 168 Å². The third kappa shape index (κ3) is 3.99. The molecule has 2 N–H and O–H groups in total. The molecule has 0 bridgehead atoms. The lowest BCUT2D eigenvalue weighted by Crippen LogP contribution is -2.26. The maximum atomic E-state index is 12.8. The number of amides is 1. The van der Waals surface area contributed by atoms with Crippen molar-refractivity contribution < 1.29 is 4.79 Å². The topological polar surface area (TPSA) is 79.8 Å². The summed E-state index contributed by atoms with van der Waals surface area (Å²) in [6.07, 6.45) is 0. The van der Waals surface area contributed by atoms with Crippen molar-refractivity contribution in [3.63, 3.8) is 0 Å². The lowest BCUT2D eigenvalue weighted by molar-refractivity contribution is -0.113. The minimum atomic E-state index is -0.116. The molecule has 148 valence electrons. The molecule has 28 heavy (non-hydrogen) atoms. The molecule has 3 rings (SSSR count). The molecule has 0 unspecified atom stereocenters. The number of aromatic amines is 1. The van der Waals surface area contributed by atoms with Crippen LogP contribution >= 0.6 is 11.8 Å². The molecular weight excluding hydrogens is 372 g/mol. The van der Waals surface area contributed by atoms with E-state index in [1.807, 2.05) is 47.6 Å². The summed E-state index contributed by atoms with van der Waals surface area (Å²) in [7, 11) is 0. The smallest absolute Gasteiger partial charge is 0.278 e. The van der Waals surface area contributed by atoms with Crippen molar-refractivity contribution >= 4 is 34.4 Å². The molecule has 0 aliphatic carbocycles. The number of nitrogens with zero attached hydrogens (tertiary/aromatic N) is 2. The number of anilines is 1. The van der Waals surface area contributed by atoms with Crippen molar-refractivity contribution in [3.8, 4) is 0 Å². The number of fused-ring (bicyclic) bond motifs is 1. The molecule has 0 aliphatic heterocycles. The molecule has 1 amide bonds. The minimum absolute atomic E-state index is 0.0554. The molecule has 0 spiro atoms. The summed E-state index contributed by atoms with van der Waals surface area (Å²) in [6.45, 7) is 11.8. The fourth-order valence-corrected chi connectivity index (χ4v) is 4.36. The summed E-state index contributed by atoms with van der Waals surface area (Å²) < 4.78 is 1.64. The summed E-state index contributed by atoms with van der Waals surface area (Å²) in [6, 6.07) is 5.90. The zero-order valence-corrected chi connectivity index (χ0v) is 18.0. The highest BCUT2D eigenvalue weighted by Gasteiger charge is 2.17. The Bertz CT molecular complexity index is 1090. The summed E-state index contributed by atoms with van der Waals surface area (Å²) >= 11 is 1.28. The zero-order chi connectivity index (χ0) is 20.6. The molecule has 0 atom stereocenters. The van der Waals surface area contributed by atoms with Gasteiger partial charge in [-0.3, -0.25) is 14.2 Å². The Morgan fingerprint density at radius 1 is 1.18 bits per heavy atom. The van der Waals surface area contributed by atoms with Gasteiger partial charge in [0.25, 0.3) is 5.56 Å². The fourth-order valence-electron chi connectivity index (χ4n) is 3.43. The Balaban J connectivity index is 1.84.